The van der Waals surface area contributed by atoms with E-state index >= 15 is 0 Å². The minimum absolute atomic E-state index is 0. The van der Waals surface area contributed by atoms with Gasteiger partial charge >= 0.3 is 0 Å². The summed E-state index contributed by atoms with van der Waals surface area (Å²) in [5.41, 5.74) is 21.7. The number of aromatic nitrogens is 1. The zero-order valence-electron chi connectivity index (χ0n) is 44.4. The van der Waals surface area contributed by atoms with Crippen LogP contribution in [0.4, 0.5) is 11.4 Å². The molecule has 0 aliphatic carbocycles. The molecule has 11 rings (SSSR count). The van der Waals surface area contributed by atoms with E-state index in [0.717, 1.165) is 53.9 Å². The van der Waals surface area contributed by atoms with Crippen molar-refractivity contribution in [1.29, 1.82) is 0 Å². The van der Waals surface area contributed by atoms with Crippen molar-refractivity contribution in [3.8, 4) is 78.0 Å². The first kappa shape index (κ1) is 53.5. The van der Waals surface area contributed by atoms with E-state index in [-0.39, 0.29) is 36.5 Å². The summed E-state index contributed by atoms with van der Waals surface area (Å²) in [5, 5.41) is 8.35. The van der Waals surface area contributed by atoms with Crippen molar-refractivity contribution >= 4 is 17.3 Å². The normalized spacial score (nSPS) is 14.7. The Morgan fingerprint density at radius 1 is 0.513 bits per heavy atom. The number of benzene rings is 8. The third-order valence-corrected chi connectivity index (χ3v) is 14.7. The van der Waals surface area contributed by atoms with Gasteiger partial charge in [-0.1, -0.05) is 155 Å². The first-order valence-corrected chi connectivity index (χ1v) is 26.3. The molecule has 0 spiro atoms. The Kier molecular flexibility index (Phi) is 16.4. The summed E-state index contributed by atoms with van der Waals surface area (Å²) < 4.78 is 0. The number of anilines is 2. The predicted octanol–water partition coefficient (Wildman–Crippen LogP) is 17.9. The number of rotatable bonds is 10. The van der Waals surface area contributed by atoms with Crippen molar-refractivity contribution in [3.05, 3.63) is 236 Å². The average Bonchev–Trinajstić information content (AvgIpc) is 3.44. The Bertz CT molecular complexity index is 3350. The van der Waals surface area contributed by atoms with Crippen LogP contribution < -0.4 is 9.80 Å². The number of carboxylic acids is 1. The second-order valence-corrected chi connectivity index (χ2v) is 21.5. The molecule has 9 aromatic rings. The molecule has 0 bridgehead atoms. The van der Waals surface area contributed by atoms with Gasteiger partial charge in [0, 0.05) is 54.4 Å². The van der Waals surface area contributed by atoms with Gasteiger partial charge in [0.1, 0.15) is 0 Å². The van der Waals surface area contributed by atoms with E-state index in [2.05, 4.69) is 234 Å². The molecule has 0 unspecified atom stereocenters. The molecule has 2 fully saturated rings. The van der Waals surface area contributed by atoms with Gasteiger partial charge < -0.3 is 24.7 Å². The van der Waals surface area contributed by atoms with Gasteiger partial charge in [-0.15, -0.1) is 77.1 Å². The summed E-state index contributed by atoms with van der Waals surface area (Å²) in [4.78, 5) is 20.4. The third-order valence-electron chi connectivity index (χ3n) is 14.7. The van der Waals surface area contributed by atoms with Gasteiger partial charge in [0.25, 0.3) is 0 Å². The van der Waals surface area contributed by atoms with Crippen LogP contribution in [-0.4, -0.2) is 29.1 Å². The van der Waals surface area contributed by atoms with E-state index < -0.39 is 5.97 Å². The van der Waals surface area contributed by atoms with Crippen molar-refractivity contribution in [2.75, 3.05) is 22.9 Å². The molecule has 8 aromatic carbocycles. The van der Waals surface area contributed by atoms with Crippen LogP contribution in [0, 0.1) is 49.9 Å². The second kappa shape index (κ2) is 23.3. The molecule has 385 valence electrons. The number of aryl methyl sites for hydroxylation is 2. The molecule has 1 aromatic heterocycles. The zero-order valence-corrected chi connectivity index (χ0v) is 46.8. The Morgan fingerprint density at radius 3 is 1.50 bits per heavy atom. The van der Waals surface area contributed by atoms with Gasteiger partial charge in [-0.05, 0) is 137 Å². The molecular formula is C70H65IrN3O2-4. The summed E-state index contributed by atoms with van der Waals surface area (Å²) in [7, 11) is 0. The topological polar surface area (TPSA) is 56.7 Å². The summed E-state index contributed by atoms with van der Waals surface area (Å²) >= 11 is 0. The monoisotopic (exact) mass is 1170 g/mol. The number of hydrogen-bond acceptors (Lipinski definition) is 4. The van der Waals surface area contributed by atoms with E-state index in [1.807, 2.05) is 12.1 Å². The molecule has 5 nitrogen and oxygen atoms in total. The first-order chi connectivity index (χ1) is 36.3. The third kappa shape index (κ3) is 12.0. The van der Waals surface area contributed by atoms with Crippen molar-refractivity contribution in [1.82, 2.24) is 4.98 Å². The Labute approximate surface area is 464 Å². The number of hydrogen-bond donors (Lipinski definition) is 1. The number of piperidine rings is 2. The summed E-state index contributed by atoms with van der Waals surface area (Å²) in [6.07, 6.45) is 6.82. The minimum atomic E-state index is -0.935. The molecule has 1 radical (unpaired) electrons. The van der Waals surface area contributed by atoms with Crippen LogP contribution in [0.25, 0.3) is 78.0 Å². The molecular weight excluding hydrogens is 1110 g/mol. The van der Waals surface area contributed by atoms with Gasteiger partial charge in [0.05, 0.1) is 0 Å². The molecule has 0 saturated carbocycles. The maximum absolute atomic E-state index is 10.2. The number of para-hydroxylation sites is 2. The minimum Gasteiger partial charge on any atom is -0.521 e. The molecule has 76 heavy (non-hydrogen) atoms. The average molecular weight is 1170 g/mol. The van der Waals surface area contributed by atoms with Gasteiger partial charge in [-0.2, -0.15) is 0 Å². The Hall–Kier alpha value is -7.37. The first-order valence-electron chi connectivity index (χ1n) is 26.3. The summed E-state index contributed by atoms with van der Waals surface area (Å²) in [6.45, 7) is 20.9. The fourth-order valence-corrected chi connectivity index (χ4v) is 11.2. The number of carboxylic acid groups (broad SMARTS) is 1. The van der Waals surface area contributed by atoms with Crippen LogP contribution in [0.2, 0.25) is 0 Å². The fraction of sp³-hybridized carbons (Fsp3) is 0.200. The van der Waals surface area contributed by atoms with Crippen molar-refractivity contribution in [2.24, 2.45) is 10.8 Å². The number of nitrogens with zero attached hydrogens (tertiary/aromatic N) is 3. The Balaban J connectivity index is 0.000000641. The van der Waals surface area contributed by atoms with Gasteiger partial charge in [-0.25, -0.2) is 13.1 Å². The van der Waals surface area contributed by atoms with Gasteiger partial charge in [0.15, 0.2) is 0 Å². The number of pyridine rings is 1. The van der Waals surface area contributed by atoms with Crippen LogP contribution in [0.15, 0.2) is 194 Å². The number of aromatic carboxylic acids is 1. The molecule has 2 saturated heterocycles. The summed E-state index contributed by atoms with van der Waals surface area (Å²) in [5.74, 6) is -0.935. The predicted molar refractivity (Wildman–Crippen MR) is 312 cm³/mol. The molecule has 2 aliphatic heterocycles. The van der Waals surface area contributed by atoms with E-state index in [4.69, 9.17) is 10.1 Å². The Morgan fingerprint density at radius 2 is 1.00 bits per heavy atom. The van der Waals surface area contributed by atoms with E-state index in [9.17, 15) is 4.79 Å². The van der Waals surface area contributed by atoms with Crippen LogP contribution in [0.5, 0.6) is 0 Å². The maximum atomic E-state index is 10.2. The largest absolute Gasteiger partial charge is 0.521 e. The molecule has 2 aliphatic rings. The molecule has 0 atom stereocenters. The van der Waals surface area contributed by atoms with Gasteiger partial charge in [-0.3, -0.25) is 0 Å². The molecule has 1 N–H and O–H groups in total. The fourth-order valence-electron chi connectivity index (χ4n) is 11.2. The molecule has 6 heteroatoms. The van der Waals surface area contributed by atoms with E-state index in [0.29, 0.717) is 0 Å². The smallest absolute Gasteiger partial charge is 0.247 e. The van der Waals surface area contributed by atoms with Gasteiger partial charge in [0.2, 0.25) is 5.97 Å². The SMILES string of the molecule is Cc1cc(-c2ccccc2)cc(C)c1-c1cc(-c2[c-]cccc2)ncc1-c1ccccc1-c1cc(-c2ccccc2N2[CH-]C(C)(C)CCC2)cc(-c2ccccc2N2[CH-]C(C)(C)CCC2)c1.O=C(O)c1[c-]cccc1.[Ir]. The van der Waals surface area contributed by atoms with Crippen LogP contribution in [0.1, 0.15) is 74.9 Å². The van der Waals surface area contributed by atoms with Crippen molar-refractivity contribution < 1.29 is 30.0 Å². The van der Waals surface area contributed by atoms with E-state index in [1.165, 1.54) is 91.5 Å². The van der Waals surface area contributed by atoms with Crippen LogP contribution >= 0.6 is 0 Å². The molecule has 3 heterocycles. The van der Waals surface area contributed by atoms with Crippen molar-refractivity contribution in [3.63, 3.8) is 0 Å². The standard InChI is InChI=1S/C63H60N3.C7H5O2.Ir/c1-44-35-48(46-21-9-7-10-22-46)36-45(2)61(44)56-40-58(47-23-11-8-12-24-47)64-41-57(56)55-28-14-13-25-52(55)49-37-50(53-26-15-17-29-59(53)65-33-19-31-62(3,4)42-65)39-51(38-49)54-27-16-18-30-60(54)66-34-20-32-63(5,6)43-66;8-7(9)6-4-2-1-3-5-6;/h7-18,21-23,25-30,35-43H,19-20,31-34H2,1-6H3;1-4H,(H,8,9);/q-3;-1;. The molecule has 0 amide bonds. The summed E-state index contributed by atoms with van der Waals surface area (Å²) in [6, 6.07) is 72.6. The van der Waals surface area contributed by atoms with Crippen LogP contribution in [-0.2, 0) is 20.1 Å². The van der Waals surface area contributed by atoms with Crippen LogP contribution in [0.3, 0.4) is 0 Å². The quantitative estimate of drug-likeness (QED) is 0.138. The van der Waals surface area contributed by atoms with Crippen molar-refractivity contribution in [2.45, 2.75) is 67.2 Å². The second-order valence-electron chi connectivity index (χ2n) is 21.5. The maximum Gasteiger partial charge on any atom is 0.247 e. The number of carbonyl (C=O) groups is 1. The zero-order chi connectivity index (χ0) is 52.1. The van der Waals surface area contributed by atoms with E-state index in [1.54, 1.807) is 18.2 Å².